The first kappa shape index (κ1) is 16.1. The Morgan fingerprint density at radius 2 is 2.13 bits per heavy atom. The number of imidazole rings is 1. The molecule has 2 aromatic rings. The van der Waals surface area contributed by atoms with Crippen molar-refractivity contribution in [1.82, 2.24) is 14.9 Å². The number of para-hydroxylation sites is 2. The van der Waals surface area contributed by atoms with Gasteiger partial charge in [-0.25, -0.2) is 4.98 Å². The highest BCUT2D eigenvalue weighted by Crippen LogP contribution is 2.25. The van der Waals surface area contributed by atoms with E-state index in [0.717, 1.165) is 36.5 Å². The summed E-state index contributed by atoms with van der Waals surface area (Å²) >= 11 is 0. The molecule has 126 valence electrons. The minimum absolute atomic E-state index is 0.241. The molecule has 1 aromatic heterocycles. The van der Waals surface area contributed by atoms with Gasteiger partial charge < -0.3 is 9.88 Å². The molecule has 23 heavy (non-hydrogen) atoms. The average molecular weight is 326 g/mol. The van der Waals surface area contributed by atoms with Gasteiger partial charge in [-0.1, -0.05) is 19.1 Å². The summed E-state index contributed by atoms with van der Waals surface area (Å²) < 4.78 is 37.7. The van der Waals surface area contributed by atoms with Crippen molar-refractivity contribution in [2.45, 2.75) is 19.5 Å². The lowest BCUT2D eigenvalue weighted by Gasteiger charge is -2.25. The van der Waals surface area contributed by atoms with Crippen LogP contribution in [-0.2, 0) is 0 Å². The molecule has 1 unspecified atom stereocenters. The molecule has 7 heteroatoms. The SMILES string of the molecule is CCN(CC1CCN(c2nc3ccccc3[nH]2)C1)CC(F)(F)F. The van der Waals surface area contributed by atoms with Crippen LogP contribution < -0.4 is 4.90 Å². The number of halogens is 3. The molecule has 0 aliphatic carbocycles. The third-order valence-electron chi connectivity index (χ3n) is 4.33. The van der Waals surface area contributed by atoms with Crippen LogP contribution in [0.25, 0.3) is 11.0 Å². The zero-order chi connectivity index (χ0) is 16.4. The molecule has 0 bridgehead atoms. The highest BCUT2D eigenvalue weighted by molar-refractivity contribution is 5.77. The van der Waals surface area contributed by atoms with E-state index in [1.807, 2.05) is 24.3 Å². The van der Waals surface area contributed by atoms with Crippen LogP contribution in [0.4, 0.5) is 19.1 Å². The molecule has 1 aromatic carbocycles. The number of aromatic nitrogens is 2. The van der Waals surface area contributed by atoms with E-state index < -0.39 is 12.7 Å². The van der Waals surface area contributed by atoms with Crippen molar-refractivity contribution in [3.63, 3.8) is 0 Å². The Balaban J connectivity index is 1.61. The first-order valence-electron chi connectivity index (χ1n) is 7.93. The molecule has 1 aliphatic heterocycles. The number of hydrogen-bond acceptors (Lipinski definition) is 3. The first-order valence-corrected chi connectivity index (χ1v) is 7.93. The lowest BCUT2D eigenvalue weighted by Crippen LogP contribution is -2.38. The standard InChI is InChI=1S/C16H21F3N4/c1-2-22(11-16(17,18)19)9-12-7-8-23(10-12)15-20-13-5-3-4-6-14(13)21-15/h3-6,12H,2,7-11H2,1H3,(H,20,21). The Labute approximate surface area is 133 Å². The summed E-state index contributed by atoms with van der Waals surface area (Å²) in [7, 11) is 0. The van der Waals surface area contributed by atoms with Gasteiger partial charge in [0.2, 0.25) is 5.95 Å². The van der Waals surface area contributed by atoms with Crippen LogP contribution in [0.2, 0.25) is 0 Å². The molecule has 1 N–H and O–H groups in total. The van der Waals surface area contributed by atoms with Crippen LogP contribution in [0.5, 0.6) is 0 Å². The van der Waals surface area contributed by atoms with Crippen LogP contribution in [0, 0.1) is 5.92 Å². The Morgan fingerprint density at radius 3 is 2.83 bits per heavy atom. The predicted octanol–water partition coefficient (Wildman–Crippen LogP) is 3.27. The minimum atomic E-state index is -4.13. The van der Waals surface area contributed by atoms with Crippen LogP contribution >= 0.6 is 0 Å². The van der Waals surface area contributed by atoms with Crippen molar-refractivity contribution in [3.05, 3.63) is 24.3 Å². The van der Waals surface area contributed by atoms with Crippen molar-refractivity contribution < 1.29 is 13.2 Å². The monoisotopic (exact) mass is 326 g/mol. The Bertz CT molecular complexity index is 619. The summed E-state index contributed by atoms with van der Waals surface area (Å²) in [6.07, 6.45) is -3.24. The van der Waals surface area contributed by atoms with E-state index in [2.05, 4.69) is 14.9 Å². The van der Waals surface area contributed by atoms with Crippen molar-refractivity contribution >= 4 is 17.0 Å². The number of aromatic amines is 1. The molecule has 1 atom stereocenters. The van der Waals surface area contributed by atoms with Crippen molar-refractivity contribution in [3.8, 4) is 0 Å². The topological polar surface area (TPSA) is 35.2 Å². The lowest BCUT2D eigenvalue weighted by atomic mass is 10.1. The van der Waals surface area contributed by atoms with Crippen LogP contribution in [0.3, 0.4) is 0 Å². The Kier molecular flexibility index (Phi) is 4.48. The molecule has 1 saturated heterocycles. The third-order valence-corrected chi connectivity index (χ3v) is 4.33. The molecule has 0 saturated carbocycles. The molecule has 2 heterocycles. The van der Waals surface area contributed by atoms with E-state index in [1.54, 1.807) is 6.92 Å². The first-order chi connectivity index (χ1) is 10.9. The molecule has 3 rings (SSSR count). The summed E-state index contributed by atoms with van der Waals surface area (Å²) in [6, 6.07) is 7.82. The highest BCUT2D eigenvalue weighted by atomic mass is 19.4. The second-order valence-corrected chi connectivity index (χ2v) is 6.12. The maximum Gasteiger partial charge on any atom is 0.401 e. The van der Waals surface area contributed by atoms with Gasteiger partial charge in [-0.15, -0.1) is 0 Å². The summed E-state index contributed by atoms with van der Waals surface area (Å²) in [6.45, 7) is 3.41. The largest absolute Gasteiger partial charge is 0.401 e. The quantitative estimate of drug-likeness (QED) is 0.916. The van der Waals surface area contributed by atoms with Gasteiger partial charge in [-0.3, -0.25) is 4.90 Å². The zero-order valence-electron chi connectivity index (χ0n) is 13.1. The summed E-state index contributed by atoms with van der Waals surface area (Å²) in [4.78, 5) is 11.5. The fraction of sp³-hybridized carbons (Fsp3) is 0.562. The maximum atomic E-state index is 12.6. The third kappa shape index (κ3) is 3.96. The van der Waals surface area contributed by atoms with Gasteiger partial charge in [0.25, 0.3) is 0 Å². The Hall–Kier alpha value is -1.76. The summed E-state index contributed by atoms with van der Waals surface area (Å²) in [5.41, 5.74) is 1.90. The number of H-pyrrole nitrogens is 1. The fourth-order valence-corrected chi connectivity index (χ4v) is 3.19. The minimum Gasteiger partial charge on any atom is -0.342 e. The number of rotatable bonds is 5. The maximum absolute atomic E-state index is 12.6. The van der Waals surface area contributed by atoms with Crippen molar-refractivity contribution in [2.24, 2.45) is 5.92 Å². The van der Waals surface area contributed by atoms with Crippen molar-refractivity contribution in [2.75, 3.05) is 37.6 Å². The molecule has 0 radical (unpaired) electrons. The van der Waals surface area contributed by atoms with Crippen LogP contribution in [0.1, 0.15) is 13.3 Å². The Morgan fingerprint density at radius 1 is 1.35 bits per heavy atom. The summed E-state index contributed by atoms with van der Waals surface area (Å²) in [5.74, 6) is 1.05. The predicted molar refractivity (Wildman–Crippen MR) is 84.6 cm³/mol. The molecular formula is C16H21F3N4. The van der Waals surface area contributed by atoms with Gasteiger partial charge >= 0.3 is 6.18 Å². The number of anilines is 1. The smallest absolute Gasteiger partial charge is 0.342 e. The zero-order valence-corrected chi connectivity index (χ0v) is 13.1. The molecular weight excluding hydrogens is 305 g/mol. The van der Waals surface area contributed by atoms with E-state index in [1.165, 1.54) is 4.90 Å². The van der Waals surface area contributed by atoms with E-state index in [4.69, 9.17) is 0 Å². The molecule has 0 amide bonds. The van der Waals surface area contributed by atoms with E-state index in [0.29, 0.717) is 13.1 Å². The van der Waals surface area contributed by atoms with E-state index >= 15 is 0 Å². The van der Waals surface area contributed by atoms with Gasteiger partial charge in [-0.2, -0.15) is 13.2 Å². The number of nitrogens with one attached hydrogen (secondary N) is 1. The molecule has 1 aliphatic rings. The van der Waals surface area contributed by atoms with Gasteiger partial charge in [0.15, 0.2) is 0 Å². The molecule has 1 fully saturated rings. The van der Waals surface area contributed by atoms with Gasteiger partial charge in [0.05, 0.1) is 17.6 Å². The van der Waals surface area contributed by atoms with E-state index in [-0.39, 0.29) is 5.92 Å². The normalized spacial score (nSPS) is 19.2. The number of alkyl halides is 3. The lowest BCUT2D eigenvalue weighted by molar-refractivity contribution is -0.146. The van der Waals surface area contributed by atoms with Gasteiger partial charge in [0, 0.05) is 19.6 Å². The number of hydrogen-bond donors (Lipinski definition) is 1. The number of fused-ring (bicyclic) bond motifs is 1. The number of benzene rings is 1. The van der Waals surface area contributed by atoms with Gasteiger partial charge in [0.1, 0.15) is 0 Å². The molecule has 4 nitrogen and oxygen atoms in total. The molecule has 0 spiro atoms. The van der Waals surface area contributed by atoms with Gasteiger partial charge in [-0.05, 0) is 31.0 Å². The average Bonchev–Trinajstić information content (AvgIpc) is 3.10. The summed E-state index contributed by atoms with van der Waals surface area (Å²) in [5, 5.41) is 0. The second kappa shape index (κ2) is 6.39. The second-order valence-electron chi connectivity index (χ2n) is 6.12. The van der Waals surface area contributed by atoms with Crippen LogP contribution in [-0.4, -0.2) is 53.8 Å². The van der Waals surface area contributed by atoms with Crippen molar-refractivity contribution in [1.29, 1.82) is 0 Å². The number of nitrogens with zero attached hydrogens (tertiary/aromatic N) is 3. The van der Waals surface area contributed by atoms with Crippen LogP contribution in [0.15, 0.2) is 24.3 Å². The highest BCUT2D eigenvalue weighted by Gasteiger charge is 2.32. The fourth-order valence-electron chi connectivity index (χ4n) is 3.19. The van der Waals surface area contributed by atoms with E-state index in [9.17, 15) is 13.2 Å².